The van der Waals surface area contributed by atoms with Gasteiger partial charge in [0.25, 0.3) is 0 Å². The van der Waals surface area contributed by atoms with E-state index in [4.69, 9.17) is 16.4 Å². The van der Waals surface area contributed by atoms with E-state index in [1.807, 2.05) is 24.3 Å². The van der Waals surface area contributed by atoms with E-state index < -0.39 is 0 Å². The van der Waals surface area contributed by atoms with E-state index in [9.17, 15) is 0 Å². The molecule has 0 N–H and O–H groups in total. The fourth-order valence-corrected chi connectivity index (χ4v) is 1.48. The van der Waals surface area contributed by atoms with Crippen LogP contribution in [0, 0.1) is 0 Å². The molecule has 2 nitrogen and oxygen atoms in total. The lowest BCUT2D eigenvalue weighted by Gasteiger charge is -2.09. The topological polar surface area (TPSA) is 21.6 Å². The van der Waals surface area contributed by atoms with Crippen LogP contribution >= 0.6 is 11.6 Å². The molecule has 0 saturated carbocycles. The maximum atomic E-state index is 5.97. The van der Waals surface area contributed by atoms with E-state index in [2.05, 4.69) is 5.16 Å². The van der Waals surface area contributed by atoms with Crippen LogP contribution in [0.4, 0.5) is 0 Å². The summed E-state index contributed by atoms with van der Waals surface area (Å²) in [6.45, 7) is 0. The lowest BCUT2D eigenvalue weighted by atomic mass is 10.1. The van der Waals surface area contributed by atoms with Crippen LogP contribution in [0.15, 0.2) is 29.4 Å². The third kappa shape index (κ3) is 1.30. The highest BCUT2D eigenvalue weighted by molar-refractivity contribution is 6.31. The number of hydrogen-bond acceptors (Lipinski definition) is 2. The molecule has 0 unspecified atom stereocenters. The Morgan fingerprint density at radius 1 is 1.42 bits per heavy atom. The summed E-state index contributed by atoms with van der Waals surface area (Å²) in [7, 11) is 0. The van der Waals surface area contributed by atoms with Crippen molar-refractivity contribution in [3.63, 3.8) is 0 Å². The average Bonchev–Trinajstić information content (AvgIpc) is 2.57. The minimum absolute atomic E-state index is 0.0127. The predicted octanol–water partition coefficient (Wildman–Crippen LogP) is 2.79. The molecule has 12 heavy (non-hydrogen) atoms. The van der Waals surface area contributed by atoms with Gasteiger partial charge in [-0.2, -0.15) is 0 Å². The largest absolute Gasteiger partial charge is 0.388 e. The zero-order chi connectivity index (χ0) is 8.39. The predicted molar refractivity (Wildman–Crippen MR) is 48.4 cm³/mol. The summed E-state index contributed by atoms with van der Waals surface area (Å²) < 4.78 is 0. The van der Waals surface area contributed by atoms with Gasteiger partial charge in [-0.3, -0.25) is 0 Å². The molecule has 0 fully saturated rings. The Labute approximate surface area is 75.8 Å². The molecule has 1 heterocycles. The number of benzene rings is 1. The van der Waals surface area contributed by atoms with Gasteiger partial charge < -0.3 is 4.84 Å². The van der Waals surface area contributed by atoms with Crippen LogP contribution in [0.5, 0.6) is 0 Å². The molecule has 0 saturated heterocycles. The Morgan fingerprint density at radius 2 is 2.25 bits per heavy atom. The molecule has 1 aliphatic rings. The highest BCUT2D eigenvalue weighted by atomic mass is 35.5. The van der Waals surface area contributed by atoms with Gasteiger partial charge in [0.1, 0.15) is 0 Å². The lowest BCUT2D eigenvalue weighted by Crippen LogP contribution is -1.95. The van der Waals surface area contributed by atoms with E-state index in [1.54, 1.807) is 6.21 Å². The molecule has 0 aliphatic carbocycles. The van der Waals surface area contributed by atoms with E-state index in [0.717, 1.165) is 17.0 Å². The fraction of sp³-hybridized carbons (Fsp3) is 0.222. The summed E-state index contributed by atoms with van der Waals surface area (Å²) >= 11 is 5.97. The second-order valence-electron chi connectivity index (χ2n) is 2.64. The zero-order valence-electron chi connectivity index (χ0n) is 6.40. The minimum atomic E-state index is 0.0127. The van der Waals surface area contributed by atoms with Crippen LogP contribution in [0.2, 0.25) is 5.02 Å². The summed E-state index contributed by atoms with van der Waals surface area (Å²) in [6, 6.07) is 7.67. The Bertz CT molecular complexity index is 303. The molecule has 0 bridgehead atoms. The molecular formula is C9H8ClNO. The van der Waals surface area contributed by atoms with Crippen LogP contribution in [-0.4, -0.2) is 6.21 Å². The third-order valence-electron chi connectivity index (χ3n) is 1.83. The number of nitrogens with zero attached hydrogens (tertiary/aromatic N) is 1. The van der Waals surface area contributed by atoms with Crippen molar-refractivity contribution < 1.29 is 4.84 Å². The number of halogens is 1. The first kappa shape index (κ1) is 7.62. The molecular weight excluding hydrogens is 174 g/mol. The van der Waals surface area contributed by atoms with Gasteiger partial charge >= 0.3 is 0 Å². The molecule has 0 spiro atoms. The van der Waals surface area contributed by atoms with Crippen LogP contribution in [0.25, 0.3) is 0 Å². The molecule has 3 heteroatoms. The van der Waals surface area contributed by atoms with Gasteiger partial charge in [-0.25, -0.2) is 0 Å². The maximum Gasteiger partial charge on any atom is 0.159 e. The SMILES string of the molecule is Clc1ccccc1[C@@H]1CC=NO1. The van der Waals surface area contributed by atoms with Gasteiger partial charge in [0.15, 0.2) is 6.10 Å². The van der Waals surface area contributed by atoms with Crippen molar-refractivity contribution in [3.05, 3.63) is 34.9 Å². The summed E-state index contributed by atoms with van der Waals surface area (Å²) in [5.74, 6) is 0. The Balaban J connectivity index is 2.27. The second-order valence-corrected chi connectivity index (χ2v) is 3.05. The third-order valence-corrected chi connectivity index (χ3v) is 2.18. The Hall–Kier alpha value is -1.02. The minimum Gasteiger partial charge on any atom is -0.388 e. The van der Waals surface area contributed by atoms with E-state index in [-0.39, 0.29) is 6.10 Å². The van der Waals surface area contributed by atoms with Crippen LogP contribution in [0.3, 0.4) is 0 Å². The van der Waals surface area contributed by atoms with E-state index >= 15 is 0 Å². The van der Waals surface area contributed by atoms with Crippen LogP contribution in [0.1, 0.15) is 18.1 Å². The van der Waals surface area contributed by atoms with Crippen LogP contribution < -0.4 is 0 Å². The maximum absolute atomic E-state index is 5.97. The van der Waals surface area contributed by atoms with Crippen molar-refractivity contribution in [1.82, 2.24) is 0 Å². The highest BCUT2D eigenvalue weighted by Gasteiger charge is 2.17. The second kappa shape index (κ2) is 3.15. The number of rotatable bonds is 1. The smallest absolute Gasteiger partial charge is 0.159 e. The van der Waals surface area contributed by atoms with Gasteiger partial charge in [0.05, 0.1) is 0 Å². The van der Waals surface area contributed by atoms with Crippen molar-refractivity contribution in [2.75, 3.05) is 0 Å². The fourth-order valence-electron chi connectivity index (χ4n) is 1.22. The zero-order valence-corrected chi connectivity index (χ0v) is 7.16. The van der Waals surface area contributed by atoms with Crippen LogP contribution in [-0.2, 0) is 4.84 Å². The summed E-state index contributed by atoms with van der Waals surface area (Å²) in [5.41, 5.74) is 1.01. The van der Waals surface area contributed by atoms with Gasteiger partial charge in [-0.15, -0.1) is 0 Å². The van der Waals surface area contributed by atoms with Crippen molar-refractivity contribution in [2.24, 2.45) is 5.16 Å². The van der Waals surface area contributed by atoms with Crippen molar-refractivity contribution in [3.8, 4) is 0 Å². The highest BCUT2D eigenvalue weighted by Crippen LogP contribution is 2.29. The van der Waals surface area contributed by atoms with Gasteiger partial charge in [-0.05, 0) is 6.07 Å². The molecule has 2 rings (SSSR count). The monoisotopic (exact) mass is 181 g/mol. The van der Waals surface area contributed by atoms with Crippen molar-refractivity contribution in [2.45, 2.75) is 12.5 Å². The molecule has 62 valence electrons. The molecule has 1 aromatic rings. The first-order chi connectivity index (χ1) is 5.88. The normalized spacial score (nSPS) is 20.9. The average molecular weight is 182 g/mol. The summed E-state index contributed by atoms with van der Waals surface area (Å²) in [4.78, 5) is 5.10. The van der Waals surface area contributed by atoms with E-state index in [1.165, 1.54) is 0 Å². The molecule has 1 aliphatic heterocycles. The van der Waals surface area contributed by atoms with Crippen molar-refractivity contribution in [1.29, 1.82) is 0 Å². The molecule has 0 radical (unpaired) electrons. The number of oxime groups is 1. The Kier molecular flexibility index (Phi) is 2.00. The first-order valence-electron chi connectivity index (χ1n) is 3.80. The number of hydrogen-bond donors (Lipinski definition) is 0. The lowest BCUT2D eigenvalue weighted by molar-refractivity contribution is 0.0859. The summed E-state index contributed by atoms with van der Waals surface area (Å²) in [6.07, 6.45) is 2.58. The Morgan fingerprint density at radius 3 is 2.92 bits per heavy atom. The first-order valence-corrected chi connectivity index (χ1v) is 4.18. The molecule has 0 aromatic heterocycles. The summed E-state index contributed by atoms with van der Waals surface area (Å²) in [5, 5.41) is 4.44. The van der Waals surface area contributed by atoms with Gasteiger partial charge in [0.2, 0.25) is 0 Å². The van der Waals surface area contributed by atoms with Gasteiger partial charge in [0, 0.05) is 23.2 Å². The standard InChI is InChI=1S/C9H8ClNO/c10-8-4-2-1-3-7(8)9-5-6-11-12-9/h1-4,6,9H,5H2/t9-/m0/s1. The molecule has 1 aromatic carbocycles. The van der Waals surface area contributed by atoms with Gasteiger partial charge in [-0.1, -0.05) is 35.0 Å². The van der Waals surface area contributed by atoms with Crippen molar-refractivity contribution >= 4 is 17.8 Å². The quantitative estimate of drug-likeness (QED) is 0.653. The van der Waals surface area contributed by atoms with E-state index in [0.29, 0.717) is 0 Å². The molecule has 0 amide bonds. The molecule has 1 atom stereocenters.